The van der Waals surface area contributed by atoms with Gasteiger partial charge in [-0.25, -0.2) is 0 Å². The Kier molecular flexibility index (Phi) is 6.59. The molecule has 23 heavy (non-hydrogen) atoms. The quantitative estimate of drug-likeness (QED) is 0.727. The first kappa shape index (κ1) is 17.5. The van der Waals surface area contributed by atoms with E-state index < -0.39 is 0 Å². The highest BCUT2D eigenvalue weighted by atomic mass is 35.5. The van der Waals surface area contributed by atoms with E-state index in [2.05, 4.69) is 10.6 Å². The Morgan fingerprint density at radius 1 is 1.22 bits per heavy atom. The Labute approximate surface area is 141 Å². The Bertz CT molecular complexity index is 640. The summed E-state index contributed by atoms with van der Waals surface area (Å²) in [5, 5.41) is 15.9. The van der Waals surface area contributed by atoms with E-state index in [1.54, 1.807) is 24.3 Å². The topological polar surface area (TPSA) is 61.4 Å². The van der Waals surface area contributed by atoms with Crippen LogP contribution in [0, 0.1) is 0 Å². The van der Waals surface area contributed by atoms with Crippen molar-refractivity contribution < 1.29 is 9.90 Å². The molecule has 0 saturated heterocycles. The minimum atomic E-state index is -0.173. The normalized spacial score (nSPS) is 12.0. The molecule has 0 spiro atoms. The Hall–Kier alpha value is -1.88. The molecule has 0 radical (unpaired) electrons. The number of aliphatic hydroxyl groups excluding tert-OH is 1. The van der Waals surface area contributed by atoms with Gasteiger partial charge in [0.15, 0.2) is 0 Å². The van der Waals surface area contributed by atoms with Crippen molar-refractivity contribution in [3.05, 3.63) is 64.7 Å². The average Bonchev–Trinajstić information content (AvgIpc) is 2.56. The molecular weight excluding hydrogens is 312 g/mol. The first-order valence-electron chi connectivity index (χ1n) is 7.62. The van der Waals surface area contributed by atoms with Gasteiger partial charge >= 0.3 is 0 Å². The van der Waals surface area contributed by atoms with Gasteiger partial charge in [0.1, 0.15) is 0 Å². The van der Waals surface area contributed by atoms with Crippen molar-refractivity contribution in [2.24, 2.45) is 0 Å². The van der Waals surface area contributed by atoms with Gasteiger partial charge in [0, 0.05) is 28.9 Å². The number of benzene rings is 2. The maximum Gasteiger partial charge on any atom is 0.255 e. The number of halogens is 1. The average molecular weight is 333 g/mol. The number of aliphatic hydroxyl groups is 1. The van der Waals surface area contributed by atoms with Gasteiger partial charge in [0.25, 0.3) is 5.91 Å². The van der Waals surface area contributed by atoms with E-state index in [1.165, 1.54) is 0 Å². The van der Waals surface area contributed by atoms with Crippen molar-refractivity contribution >= 4 is 23.2 Å². The van der Waals surface area contributed by atoms with Crippen LogP contribution in [0.4, 0.5) is 5.69 Å². The number of nitrogens with one attached hydrogen (secondary N) is 2. The van der Waals surface area contributed by atoms with Crippen LogP contribution in [-0.4, -0.2) is 23.7 Å². The maximum atomic E-state index is 12.2. The van der Waals surface area contributed by atoms with Crippen molar-refractivity contribution in [2.45, 2.75) is 25.9 Å². The lowest BCUT2D eigenvalue weighted by Crippen LogP contribution is -2.31. The monoisotopic (exact) mass is 332 g/mol. The Balaban J connectivity index is 1.99. The van der Waals surface area contributed by atoms with Crippen LogP contribution >= 0.6 is 11.6 Å². The van der Waals surface area contributed by atoms with Crippen molar-refractivity contribution in [3.63, 3.8) is 0 Å². The second-order valence-corrected chi connectivity index (χ2v) is 5.77. The fourth-order valence-corrected chi connectivity index (χ4v) is 2.29. The fourth-order valence-electron chi connectivity index (χ4n) is 2.16. The zero-order valence-corrected chi connectivity index (χ0v) is 13.8. The number of amides is 1. The van der Waals surface area contributed by atoms with Crippen molar-refractivity contribution in [2.75, 3.05) is 11.9 Å². The van der Waals surface area contributed by atoms with Crippen LogP contribution in [0.3, 0.4) is 0 Å². The number of carbonyl (C=O) groups is 1. The molecule has 2 aromatic rings. The molecule has 0 aromatic heterocycles. The Morgan fingerprint density at radius 3 is 2.61 bits per heavy atom. The molecule has 2 aromatic carbocycles. The molecule has 0 saturated carbocycles. The van der Waals surface area contributed by atoms with Crippen LogP contribution in [0.2, 0.25) is 5.02 Å². The van der Waals surface area contributed by atoms with Crippen LogP contribution in [-0.2, 0) is 6.54 Å². The van der Waals surface area contributed by atoms with Crippen molar-refractivity contribution in [3.8, 4) is 0 Å². The first-order valence-corrected chi connectivity index (χ1v) is 8.00. The summed E-state index contributed by atoms with van der Waals surface area (Å²) in [5.41, 5.74) is 2.34. The first-order chi connectivity index (χ1) is 11.1. The molecular formula is C18H21ClN2O2. The van der Waals surface area contributed by atoms with E-state index in [0.717, 1.165) is 17.7 Å². The molecule has 4 nitrogen and oxygen atoms in total. The minimum absolute atomic E-state index is 0.0855. The molecule has 0 aliphatic heterocycles. The summed E-state index contributed by atoms with van der Waals surface area (Å²) in [6.07, 6.45) is 0.865. The standard InChI is InChI=1S/C18H21ClN2O2/c1-2-16(12-22)20-11-13-4-3-5-17(10-13)21-18(23)14-6-8-15(19)9-7-14/h3-10,16,20,22H,2,11-12H2,1H3,(H,21,23). The lowest BCUT2D eigenvalue weighted by Gasteiger charge is -2.14. The molecule has 0 heterocycles. The summed E-state index contributed by atoms with van der Waals surface area (Å²) in [7, 11) is 0. The van der Waals surface area contributed by atoms with Gasteiger partial charge in [0.05, 0.1) is 6.61 Å². The zero-order chi connectivity index (χ0) is 16.7. The molecule has 3 N–H and O–H groups in total. The van der Waals surface area contributed by atoms with Gasteiger partial charge in [-0.1, -0.05) is 30.7 Å². The van der Waals surface area contributed by atoms with Gasteiger partial charge in [0.2, 0.25) is 0 Å². The molecule has 0 aliphatic carbocycles. The third-order valence-electron chi connectivity index (χ3n) is 3.60. The minimum Gasteiger partial charge on any atom is -0.395 e. The molecule has 2 rings (SSSR count). The lowest BCUT2D eigenvalue weighted by atomic mass is 10.1. The third-order valence-corrected chi connectivity index (χ3v) is 3.85. The molecule has 1 atom stereocenters. The smallest absolute Gasteiger partial charge is 0.255 e. The van der Waals surface area contributed by atoms with Crippen LogP contribution in [0.1, 0.15) is 29.3 Å². The van der Waals surface area contributed by atoms with Crippen molar-refractivity contribution in [1.82, 2.24) is 5.32 Å². The predicted molar refractivity (Wildman–Crippen MR) is 93.9 cm³/mol. The SMILES string of the molecule is CCC(CO)NCc1cccc(NC(=O)c2ccc(Cl)cc2)c1. The fraction of sp³-hybridized carbons (Fsp3) is 0.278. The van der Waals surface area contributed by atoms with E-state index >= 15 is 0 Å². The zero-order valence-electron chi connectivity index (χ0n) is 13.1. The van der Waals surface area contributed by atoms with Crippen LogP contribution < -0.4 is 10.6 Å². The second-order valence-electron chi connectivity index (χ2n) is 5.33. The maximum absolute atomic E-state index is 12.2. The van der Waals surface area contributed by atoms with Crippen LogP contribution in [0.25, 0.3) is 0 Å². The molecule has 1 amide bonds. The van der Waals surface area contributed by atoms with Gasteiger partial charge in [-0.2, -0.15) is 0 Å². The number of carbonyl (C=O) groups excluding carboxylic acids is 1. The summed E-state index contributed by atoms with van der Waals surface area (Å²) >= 11 is 5.83. The highest BCUT2D eigenvalue weighted by molar-refractivity contribution is 6.30. The molecule has 5 heteroatoms. The summed E-state index contributed by atoms with van der Waals surface area (Å²) in [6.45, 7) is 2.78. The van der Waals surface area contributed by atoms with E-state index in [-0.39, 0.29) is 18.6 Å². The van der Waals surface area contributed by atoms with Crippen LogP contribution in [0.15, 0.2) is 48.5 Å². The van der Waals surface area contributed by atoms with E-state index in [9.17, 15) is 9.90 Å². The molecule has 122 valence electrons. The number of hydrogen-bond donors (Lipinski definition) is 3. The lowest BCUT2D eigenvalue weighted by molar-refractivity contribution is 0.102. The number of rotatable bonds is 7. The highest BCUT2D eigenvalue weighted by Gasteiger charge is 2.07. The van der Waals surface area contributed by atoms with Gasteiger partial charge in [-0.15, -0.1) is 0 Å². The summed E-state index contributed by atoms with van der Waals surface area (Å²) < 4.78 is 0. The van der Waals surface area contributed by atoms with Gasteiger partial charge in [-0.3, -0.25) is 4.79 Å². The number of anilines is 1. The van der Waals surface area contributed by atoms with Gasteiger partial charge in [-0.05, 0) is 48.4 Å². The molecule has 0 bridgehead atoms. The highest BCUT2D eigenvalue weighted by Crippen LogP contribution is 2.14. The van der Waals surface area contributed by atoms with E-state index in [4.69, 9.17) is 11.6 Å². The second kappa shape index (κ2) is 8.67. The summed E-state index contributed by atoms with van der Waals surface area (Å²) in [4.78, 5) is 12.2. The Morgan fingerprint density at radius 2 is 1.96 bits per heavy atom. The van der Waals surface area contributed by atoms with Crippen molar-refractivity contribution in [1.29, 1.82) is 0 Å². The third kappa shape index (κ3) is 5.36. The predicted octanol–water partition coefficient (Wildman–Crippen LogP) is 3.45. The van der Waals surface area contributed by atoms with Crippen LogP contribution in [0.5, 0.6) is 0 Å². The summed E-state index contributed by atoms with van der Waals surface area (Å²) in [6, 6.07) is 14.5. The molecule has 1 unspecified atom stereocenters. The molecule has 0 aliphatic rings. The summed E-state index contributed by atoms with van der Waals surface area (Å²) in [5.74, 6) is -0.173. The number of hydrogen-bond acceptors (Lipinski definition) is 3. The molecule has 0 fully saturated rings. The largest absolute Gasteiger partial charge is 0.395 e. The van der Waals surface area contributed by atoms with E-state index in [0.29, 0.717) is 17.1 Å². The van der Waals surface area contributed by atoms with Gasteiger partial charge < -0.3 is 15.7 Å². The van der Waals surface area contributed by atoms with E-state index in [1.807, 2.05) is 31.2 Å².